The quantitative estimate of drug-likeness (QED) is 0.501. The van der Waals surface area contributed by atoms with E-state index in [1.165, 1.54) is 16.4 Å². The average molecular weight is 486 g/mol. The molecular weight excluding hydrogens is 465 g/mol. The summed E-state index contributed by atoms with van der Waals surface area (Å²) in [5.74, 6) is 5.74. The van der Waals surface area contributed by atoms with Gasteiger partial charge in [0.15, 0.2) is 0 Å². The number of nitrogens with two attached hydrogens (primary N) is 1. The number of hydrogen-bond donors (Lipinski definition) is 3. The zero-order valence-corrected chi connectivity index (χ0v) is 18.2. The highest BCUT2D eigenvalue weighted by Crippen LogP contribution is 2.38. The number of rotatable bonds is 5. The lowest BCUT2D eigenvalue weighted by Crippen LogP contribution is -2.55. The number of pyridine rings is 1. The van der Waals surface area contributed by atoms with Gasteiger partial charge in [-0.1, -0.05) is 5.92 Å². The molecule has 1 saturated heterocycles. The molecule has 0 spiro atoms. The van der Waals surface area contributed by atoms with E-state index in [0.29, 0.717) is 0 Å². The number of aromatic nitrogens is 3. The first kappa shape index (κ1) is 24.6. The highest BCUT2D eigenvalue weighted by molar-refractivity contribution is 7.89. The average Bonchev–Trinajstić information content (AvgIpc) is 2.78. The molecule has 33 heavy (non-hydrogen) atoms. The Morgan fingerprint density at radius 2 is 1.85 bits per heavy atom. The van der Waals surface area contributed by atoms with E-state index in [4.69, 9.17) is 10.8 Å². The molecule has 2 aromatic rings. The van der Waals surface area contributed by atoms with Crippen molar-refractivity contribution in [3.8, 4) is 11.8 Å². The molecule has 1 aliphatic heterocycles. The third kappa shape index (κ3) is 4.71. The maximum Gasteiger partial charge on any atom is 0.423 e. The molecule has 10 nitrogen and oxygen atoms in total. The van der Waals surface area contributed by atoms with Crippen molar-refractivity contribution in [3.05, 3.63) is 36.3 Å². The lowest BCUT2D eigenvalue weighted by molar-refractivity contribution is -0.277. The molecule has 0 radical (unpaired) electrons. The van der Waals surface area contributed by atoms with Gasteiger partial charge in [0.2, 0.25) is 21.6 Å². The van der Waals surface area contributed by atoms with Crippen LogP contribution in [0.1, 0.15) is 12.5 Å². The Bertz CT molecular complexity index is 1150. The van der Waals surface area contributed by atoms with E-state index >= 15 is 0 Å². The highest BCUT2D eigenvalue weighted by atomic mass is 32.2. The zero-order chi connectivity index (χ0) is 24.4. The van der Waals surface area contributed by atoms with Gasteiger partial charge < -0.3 is 20.8 Å². The number of aliphatic hydroxyl groups excluding tert-OH is 1. The summed E-state index contributed by atoms with van der Waals surface area (Å²) in [5, 5.41) is 18.9. The Morgan fingerprint density at radius 3 is 2.36 bits per heavy atom. The predicted octanol–water partition coefficient (Wildman–Crippen LogP) is 0.0988. The van der Waals surface area contributed by atoms with Gasteiger partial charge in [-0.05, 0) is 19.1 Å². The van der Waals surface area contributed by atoms with Crippen molar-refractivity contribution in [3.63, 3.8) is 0 Å². The van der Waals surface area contributed by atoms with Crippen LogP contribution in [0.3, 0.4) is 0 Å². The van der Waals surface area contributed by atoms with E-state index in [9.17, 15) is 26.7 Å². The third-order valence-corrected chi connectivity index (χ3v) is 6.97. The normalized spacial score (nSPS) is 19.5. The van der Waals surface area contributed by atoms with Crippen LogP contribution in [-0.4, -0.2) is 76.3 Å². The topological polar surface area (TPSA) is 146 Å². The third-order valence-electron chi connectivity index (χ3n) is 5.12. The molecule has 0 saturated carbocycles. The minimum atomic E-state index is -5.14. The first-order valence-electron chi connectivity index (χ1n) is 9.57. The summed E-state index contributed by atoms with van der Waals surface area (Å²) in [7, 11) is -3.89. The number of alkyl halides is 3. The Hall–Kier alpha value is -2.99. The van der Waals surface area contributed by atoms with Crippen LogP contribution in [0.2, 0.25) is 0 Å². The van der Waals surface area contributed by atoms with Gasteiger partial charge in [0.25, 0.3) is 0 Å². The van der Waals surface area contributed by atoms with Gasteiger partial charge in [0.05, 0.1) is 6.61 Å². The molecule has 1 fully saturated rings. The first-order chi connectivity index (χ1) is 15.4. The number of sulfonamides is 1. The molecule has 4 N–H and O–H groups in total. The van der Waals surface area contributed by atoms with Gasteiger partial charge in [-0.2, -0.15) is 17.5 Å². The van der Waals surface area contributed by atoms with Crippen molar-refractivity contribution in [2.45, 2.75) is 29.6 Å². The van der Waals surface area contributed by atoms with Crippen molar-refractivity contribution < 1.29 is 31.8 Å². The number of piperazine rings is 1. The molecule has 0 unspecified atom stereocenters. The van der Waals surface area contributed by atoms with Gasteiger partial charge in [-0.15, -0.1) is 5.92 Å². The summed E-state index contributed by atoms with van der Waals surface area (Å²) in [6.07, 6.45) is -2.45. The van der Waals surface area contributed by atoms with E-state index in [1.54, 1.807) is 11.8 Å². The number of hydrogen-bond acceptors (Lipinski definition) is 9. The number of aliphatic hydroxyl groups is 2. The molecule has 3 heterocycles. The van der Waals surface area contributed by atoms with E-state index in [0.717, 1.165) is 18.6 Å². The van der Waals surface area contributed by atoms with Gasteiger partial charge >= 0.3 is 6.18 Å². The summed E-state index contributed by atoms with van der Waals surface area (Å²) in [4.78, 5) is 13.1. The van der Waals surface area contributed by atoms with Crippen LogP contribution in [0.15, 0.2) is 35.6 Å². The van der Waals surface area contributed by atoms with E-state index < -0.39 is 40.0 Å². The second-order valence-corrected chi connectivity index (χ2v) is 9.11. The molecule has 0 amide bonds. The van der Waals surface area contributed by atoms with Crippen molar-refractivity contribution >= 4 is 21.8 Å². The second-order valence-electron chi connectivity index (χ2n) is 7.17. The van der Waals surface area contributed by atoms with Crippen LogP contribution in [0, 0.1) is 11.8 Å². The lowest BCUT2D eigenvalue weighted by Gasteiger charge is -2.38. The van der Waals surface area contributed by atoms with E-state index in [-0.39, 0.29) is 36.3 Å². The number of nitrogen functional groups attached to an aromatic ring is 1. The van der Waals surface area contributed by atoms with Crippen LogP contribution in [0.25, 0.3) is 0 Å². The molecular formula is C19H21F3N6O4S. The lowest BCUT2D eigenvalue weighted by atomic mass is 9.97. The van der Waals surface area contributed by atoms with Crippen LogP contribution in [0.4, 0.5) is 24.9 Å². The van der Waals surface area contributed by atoms with Crippen LogP contribution in [0.5, 0.6) is 0 Å². The molecule has 0 bridgehead atoms. The summed E-state index contributed by atoms with van der Waals surface area (Å²) in [5.41, 5.74) is 1.28. The summed E-state index contributed by atoms with van der Waals surface area (Å²) in [6.45, 7) is 0.0400. The standard InChI is InChI=1S/C19H21F3N6O4S/c1-2-3-14-11-27(33(31,32)15-4-5-16(23)24-10-15)6-7-28(14)17-25-8-13(9-26-17)18(30,12-29)19(20,21)22/h4-5,8-10,14,29-30H,6-7,11-12H2,1H3,(H2,23,24)/t14-,18+/m0/s1. The number of nitrogens with zero attached hydrogens (tertiary/aromatic N) is 5. The fraction of sp³-hybridized carbons (Fsp3) is 0.421. The van der Waals surface area contributed by atoms with Gasteiger partial charge in [0, 0.05) is 43.8 Å². The molecule has 2 aromatic heterocycles. The van der Waals surface area contributed by atoms with Crippen LogP contribution in [-0.2, 0) is 15.6 Å². The Balaban J connectivity index is 1.86. The van der Waals surface area contributed by atoms with Crippen molar-refractivity contribution in [2.75, 3.05) is 36.9 Å². The number of anilines is 2. The SMILES string of the molecule is CC#C[C@H]1CN(S(=O)(=O)c2ccc(N)nc2)CCN1c1ncc([C@](O)(CO)C(F)(F)F)cn1. The summed E-state index contributed by atoms with van der Waals surface area (Å²) in [6, 6.07) is 2.02. The summed E-state index contributed by atoms with van der Waals surface area (Å²) < 4.78 is 66.6. The molecule has 14 heteroatoms. The maximum atomic E-state index is 13.2. The van der Waals surface area contributed by atoms with Crippen molar-refractivity contribution in [1.82, 2.24) is 19.3 Å². The van der Waals surface area contributed by atoms with Crippen LogP contribution < -0.4 is 10.6 Å². The largest absolute Gasteiger partial charge is 0.423 e. The molecule has 0 aliphatic carbocycles. The minimum absolute atomic E-state index is 0.000151. The van der Waals surface area contributed by atoms with Crippen molar-refractivity contribution in [1.29, 1.82) is 0 Å². The molecule has 0 aromatic carbocycles. The van der Waals surface area contributed by atoms with E-state index in [1.807, 2.05) is 0 Å². The van der Waals surface area contributed by atoms with Crippen molar-refractivity contribution in [2.24, 2.45) is 0 Å². The van der Waals surface area contributed by atoms with E-state index in [2.05, 4.69) is 26.8 Å². The molecule has 178 valence electrons. The minimum Gasteiger partial charge on any atom is -0.393 e. The predicted molar refractivity (Wildman–Crippen MR) is 111 cm³/mol. The smallest absolute Gasteiger partial charge is 0.393 e. The Labute approximate surface area is 187 Å². The molecule has 3 rings (SSSR count). The monoisotopic (exact) mass is 486 g/mol. The maximum absolute atomic E-state index is 13.2. The Morgan fingerprint density at radius 1 is 1.18 bits per heavy atom. The fourth-order valence-corrected chi connectivity index (χ4v) is 4.61. The number of halogens is 3. The Kier molecular flexibility index (Phi) is 6.80. The zero-order valence-electron chi connectivity index (χ0n) is 17.4. The highest BCUT2D eigenvalue weighted by Gasteiger charge is 2.55. The van der Waals surface area contributed by atoms with Gasteiger partial charge in [-0.25, -0.2) is 23.4 Å². The molecule has 1 aliphatic rings. The molecule has 2 atom stereocenters. The first-order valence-corrected chi connectivity index (χ1v) is 11.0. The van der Waals surface area contributed by atoms with Crippen LogP contribution >= 0.6 is 0 Å². The van der Waals surface area contributed by atoms with Gasteiger partial charge in [0.1, 0.15) is 16.8 Å². The van der Waals surface area contributed by atoms with Gasteiger partial charge in [-0.3, -0.25) is 0 Å². The summed E-state index contributed by atoms with van der Waals surface area (Å²) >= 11 is 0. The fourth-order valence-electron chi connectivity index (χ4n) is 3.23. The second kappa shape index (κ2) is 9.10.